The van der Waals surface area contributed by atoms with Crippen molar-refractivity contribution in [3.63, 3.8) is 0 Å². The molecule has 2 heterocycles. The zero-order valence-corrected chi connectivity index (χ0v) is 13.9. The van der Waals surface area contributed by atoms with Crippen molar-refractivity contribution in [3.05, 3.63) is 41.0 Å². The van der Waals surface area contributed by atoms with E-state index in [1.54, 1.807) is 52.4 Å². The van der Waals surface area contributed by atoms with Gasteiger partial charge in [-0.2, -0.15) is 0 Å². The fourth-order valence-corrected chi connectivity index (χ4v) is 2.55. The van der Waals surface area contributed by atoms with Crippen LogP contribution in [0.3, 0.4) is 0 Å². The number of nitrogens with one attached hydrogen (secondary N) is 2. The summed E-state index contributed by atoms with van der Waals surface area (Å²) in [5, 5.41) is 2.80. The largest absolute Gasteiger partial charge is 0.497 e. The van der Waals surface area contributed by atoms with Crippen LogP contribution in [0.15, 0.2) is 18.2 Å². The number of benzene rings is 1. The number of rotatable bonds is 3. The molecule has 7 heteroatoms. The van der Waals surface area contributed by atoms with Gasteiger partial charge in [0, 0.05) is 31.0 Å². The van der Waals surface area contributed by atoms with Crippen molar-refractivity contribution < 1.29 is 14.3 Å². The summed E-state index contributed by atoms with van der Waals surface area (Å²) >= 11 is 0. The maximum Gasteiger partial charge on any atom is 0.273 e. The van der Waals surface area contributed by atoms with Crippen molar-refractivity contribution in [2.24, 2.45) is 0 Å². The minimum absolute atomic E-state index is 0.189. The van der Waals surface area contributed by atoms with Crippen LogP contribution >= 0.6 is 0 Å². The average molecular weight is 326 g/mol. The lowest BCUT2D eigenvalue weighted by Gasteiger charge is -2.07. The lowest BCUT2D eigenvalue weighted by molar-refractivity contribution is -0.110. The Bertz CT molecular complexity index is 865. The summed E-state index contributed by atoms with van der Waals surface area (Å²) in [5.41, 5.74) is 2.94. The van der Waals surface area contributed by atoms with E-state index in [2.05, 4.69) is 15.3 Å². The van der Waals surface area contributed by atoms with Crippen molar-refractivity contribution in [2.45, 2.75) is 6.92 Å². The third-order valence-corrected chi connectivity index (χ3v) is 3.80. The van der Waals surface area contributed by atoms with Crippen molar-refractivity contribution in [2.75, 3.05) is 26.5 Å². The standard InChI is InChI=1S/C17H18N4O3/c1-9-15(17(23)21(2)3)20-14(18-9)8-12-11-7-10(24-4)5-6-13(11)19-16(12)22/h5-8H,1-4H3,(H,18,20)(H,19,22). The van der Waals surface area contributed by atoms with Gasteiger partial charge in [0.05, 0.1) is 12.7 Å². The first-order valence-corrected chi connectivity index (χ1v) is 7.40. The van der Waals surface area contributed by atoms with Crippen molar-refractivity contribution in [1.29, 1.82) is 0 Å². The number of anilines is 1. The van der Waals surface area contributed by atoms with E-state index in [1.165, 1.54) is 4.90 Å². The van der Waals surface area contributed by atoms with Crippen LogP contribution < -0.4 is 10.1 Å². The van der Waals surface area contributed by atoms with E-state index in [1.807, 2.05) is 0 Å². The van der Waals surface area contributed by atoms with Gasteiger partial charge in [0.25, 0.3) is 11.8 Å². The first-order chi connectivity index (χ1) is 11.4. The molecule has 0 unspecified atom stereocenters. The molecule has 3 rings (SSSR count). The number of methoxy groups -OCH3 is 1. The molecule has 24 heavy (non-hydrogen) atoms. The quantitative estimate of drug-likeness (QED) is 0.844. The molecule has 1 aromatic carbocycles. The van der Waals surface area contributed by atoms with Gasteiger partial charge in [0.1, 0.15) is 17.3 Å². The molecule has 0 fully saturated rings. The van der Waals surface area contributed by atoms with E-state index in [9.17, 15) is 9.59 Å². The van der Waals surface area contributed by atoms with Crippen LogP contribution in [0, 0.1) is 6.92 Å². The molecule has 1 aliphatic rings. The van der Waals surface area contributed by atoms with Crippen molar-refractivity contribution >= 4 is 29.2 Å². The number of hydrogen-bond donors (Lipinski definition) is 2. The van der Waals surface area contributed by atoms with Crippen molar-refractivity contribution in [1.82, 2.24) is 14.9 Å². The lowest BCUT2D eigenvalue weighted by Crippen LogP contribution is -2.22. The number of nitrogens with zero attached hydrogens (tertiary/aromatic N) is 2. The second kappa shape index (κ2) is 5.84. The maximum absolute atomic E-state index is 12.2. The van der Waals surface area contributed by atoms with Crippen molar-refractivity contribution in [3.8, 4) is 5.75 Å². The minimum atomic E-state index is -0.215. The Morgan fingerprint density at radius 1 is 1.33 bits per heavy atom. The number of aromatic nitrogens is 2. The highest BCUT2D eigenvalue weighted by atomic mass is 16.5. The van der Waals surface area contributed by atoms with Gasteiger partial charge in [-0.1, -0.05) is 0 Å². The molecule has 0 radical (unpaired) electrons. The molecule has 0 atom stereocenters. The Kier molecular flexibility index (Phi) is 3.84. The maximum atomic E-state index is 12.2. The molecule has 1 aromatic heterocycles. The summed E-state index contributed by atoms with van der Waals surface area (Å²) < 4.78 is 5.21. The predicted molar refractivity (Wildman–Crippen MR) is 90.8 cm³/mol. The molecule has 2 N–H and O–H groups in total. The molecule has 124 valence electrons. The zero-order valence-electron chi connectivity index (χ0n) is 13.9. The van der Waals surface area contributed by atoms with Crippen LogP contribution in [0.5, 0.6) is 5.75 Å². The van der Waals surface area contributed by atoms with Crippen LogP contribution in [0.2, 0.25) is 0 Å². The summed E-state index contributed by atoms with van der Waals surface area (Å²) in [5.74, 6) is 0.716. The highest BCUT2D eigenvalue weighted by Crippen LogP contribution is 2.35. The van der Waals surface area contributed by atoms with E-state index in [0.717, 1.165) is 11.3 Å². The van der Waals surface area contributed by atoms with E-state index < -0.39 is 0 Å². The van der Waals surface area contributed by atoms with Crippen LogP contribution in [-0.2, 0) is 4.79 Å². The van der Waals surface area contributed by atoms with Crippen LogP contribution in [0.25, 0.3) is 11.6 Å². The van der Waals surface area contributed by atoms with Gasteiger partial charge >= 0.3 is 0 Å². The number of aromatic amines is 1. The summed E-state index contributed by atoms with van der Waals surface area (Å²) in [6, 6.07) is 5.37. The van der Waals surface area contributed by atoms with E-state index in [0.29, 0.717) is 28.5 Å². The smallest absolute Gasteiger partial charge is 0.273 e. The average Bonchev–Trinajstić information content (AvgIpc) is 3.06. The molecule has 7 nitrogen and oxygen atoms in total. The van der Waals surface area contributed by atoms with Crippen LogP contribution in [0.1, 0.15) is 27.6 Å². The van der Waals surface area contributed by atoms with Gasteiger partial charge in [-0.15, -0.1) is 0 Å². The molecule has 0 spiro atoms. The third kappa shape index (κ3) is 2.64. The number of ether oxygens (including phenoxy) is 1. The van der Waals surface area contributed by atoms with Crippen LogP contribution in [-0.4, -0.2) is 47.9 Å². The van der Waals surface area contributed by atoms with Gasteiger partial charge in [-0.05, 0) is 31.2 Å². The summed E-state index contributed by atoms with van der Waals surface area (Å²) in [7, 11) is 4.91. The molecule has 0 saturated heterocycles. The Labute approximate surface area is 139 Å². The number of carbonyl (C=O) groups excluding carboxylic acids is 2. The first-order valence-electron chi connectivity index (χ1n) is 7.40. The summed E-state index contributed by atoms with van der Waals surface area (Å²) in [6.07, 6.45) is 1.64. The topological polar surface area (TPSA) is 87.3 Å². The molecule has 0 bridgehead atoms. The van der Waals surface area contributed by atoms with Gasteiger partial charge in [0.2, 0.25) is 0 Å². The number of amides is 2. The molecule has 2 aromatic rings. The lowest BCUT2D eigenvalue weighted by atomic mass is 10.1. The van der Waals surface area contributed by atoms with E-state index in [-0.39, 0.29) is 11.8 Å². The Morgan fingerprint density at radius 2 is 2.08 bits per heavy atom. The zero-order chi connectivity index (χ0) is 17.4. The molecule has 0 aliphatic carbocycles. The van der Waals surface area contributed by atoms with Gasteiger partial charge in [0.15, 0.2) is 0 Å². The predicted octanol–water partition coefficient (Wildman–Crippen LogP) is 1.92. The van der Waals surface area contributed by atoms with Gasteiger partial charge in [-0.3, -0.25) is 9.59 Å². The molecule has 2 amide bonds. The fourth-order valence-electron chi connectivity index (χ4n) is 2.55. The number of hydrogen-bond acceptors (Lipinski definition) is 4. The number of carbonyl (C=O) groups is 2. The number of fused-ring (bicyclic) bond motifs is 1. The highest BCUT2D eigenvalue weighted by Gasteiger charge is 2.25. The normalized spacial score (nSPS) is 14.5. The Balaban J connectivity index is 2.03. The van der Waals surface area contributed by atoms with E-state index >= 15 is 0 Å². The SMILES string of the molecule is COc1ccc2c(c1)C(=Cc1nc(C(=O)N(C)C)c(C)[nH]1)C(=O)N2. The first kappa shape index (κ1) is 15.8. The minimum Gasteiger partial charge on any atom is -0.497 e. The van der Waals surface area contributed by atoms with Crippen LogP contribution in [0.4, 0.5) is 5.69 Å². The number of imidazole rings is 1. The number of H-pyrrole nitrogens is 1. The molecular formula is C17H18N4O3. The molecule has 1 aliphatic heterocycles. The van der Waals surface area contributed by atoms with Gasteiger partial charge < -0.3 is 19.9 Å². The van der Waals surface area contributed by atoms with Gasteiger partial charge in [-0.25, -0.2) is 4.98 Å². The summed E-state index contributed by atoms with van der Waals surface area (Å²) in [6.45, 7) is 1.78. The number of aryl methyl sites for hydroxylation is 1. The Hall–Kier alpha value is -3.09. The monoisotopic (exact) mass is 326 g/mol. The molecular weight excluding hydrogens is 308 g/mol. The Morgan fingerprint density at radius 3 is 2.75 bits per heavy atom. The highest BCUT2D eigenvalue weighted by molar-refractivity contribution is 6.34. The second-order valence-electron chi connectivity index (χ2n) is 5.72. The third-order valence-electron chi connectivity index (χ3n) is 3.80. The van der Waals surface area contributed by atoms with E-state index in [4.69, 9.17) is 4.74 Å². The summed E-state index contributed by atoms with van der Waals surface area (Å²) in [4.78, 5) is 33.1. The molecule has 0 saturated carbocycles. The second-order valence-corrected chi connectivity index (χ2v) is 5.72. The fraction of sp³-hybridized carbons (Fsp3) is 0.235.